The molecular weight excluding hydrogens is 376 g/mol. The van der Waals surface area contributed by atoms with Gasteiger partial charge >= 0.3 is 5.97 Å². The first kappa shape index (κ1) is 20.1. The van der Waals surface area contributed by atoms with Crippen LogP contribution >= 0.6 is 11.3 Å². The Kier molecular flexibility index (Phi) is 6.81. The van der Waals surface area contributed by atoms with Crippen molar-refractivity contribution in [1.82, 2.24) is 9.88 Å². The molecule has 0 radical (unpaired) electrons. The quantitative estimate of drug-likeness (QED) is 0.713. The normalized spacial score (nSPS) is 17.0. The third kappa shape index (κ3) is 5.66. The third-order valence-corrected chi connectivity index (χ3v) is 5.49. The summed E-state index contributed by atoms with van der Waals surface area (Å²) in [6.45, 7) is 3.01. The molecular formula is C21H24N2O4S. The Bertz CT molecular complexity index is 844. The number of ether oxygens (including phenoxy) is 1. The summed E-state index contributed by atoms with van der Waals surface area (Å²) in [5.41, 5.74) is 1.80. The number of benzene rings is 1. The minimum Gasteiger partial charge on any atom is -0.487 e. The van der Waals surface area contributed by atoms with Gasteiger partial charge in [-0.3, -0.25) is 9.59 Å². The lowest BCUT2D eigenvalue weighted by molar-refractivity contribution is -0.140. The predicted molar refractivity (Wildman–Crippen MR) is 108 cm³/mol. The van der Waals surface area contributed by atoms with Crippen molar-refractivity contribution in [2.75, 3.05) is 6.54 Å². The Labute approximate surface area is 168 Å². The summed E-state index contributed by atoms with van der Waals surface area (Å²) in [5, 5.41) is 12.0. The van der Waals surface area contributed by atoms with Gasteiger partial charge in [-0.25, -0.2) is 4.98 Å². The molecule has 0 bridgehead atoms. The van der Waals surface area contributed by atoms with E-state index in [1.807, 2.05) is 36.6 Å². The minimum atomic E-state index is -0.864. The van der Waals surface area contributed by atoms with Gasteiger partial charge in [-0.15, -0.1) is 11.3 Å². The second-order valence-electron chi connectivity index (χ2n) is 6.83. The summed E-state index contributed by atoms with van der Waals surface area (Å²) >= 11 is 1.60. The van der Waals surface area contributed by atoms with E-state index in [1.165, 1.54) is 6.08 Å². The van der Waals surface area contributed by atoms with Gasteiger partial charge in [0.15, 0.2) is 0 Å². The maximum Gasteiger partial charge on any atom is 0.305 e. The molecule has 0 aliphatic carbocycles. The molecule has 28 heavy (non-hydrogen) atoms. The molecule has 7 heteroatoms. The zero-order valence-corrected chi connectivity index (χ0v) is 16.7. The Morgan fingerprint density at radius 1 is 1.32 bits per heavy atom. The van der Waals surface area contributed by atoms with Gasteiger partial charge in [-0.1, -0.05) is 12.1 Å². The van der Waals surface area contributed by atoms with E-state index >= 15 is 0 Å². The van der Waals surface area contributed by atoms with Crippen LogP contribution in [0.2, 0.25) is 0 Å². The average molecular weight is 401 g/mol. The van der Waals surface area contributed by atoms with Crippen LogP contribution in [0.4, 0.5) is 0 Å². The molecule has 1 atom stereocenters. The maximum absolute atomic E-state index is 12.5. The molecule has 148 valence electrons. The summed E-state index contributed by atoms with van der Waals surface area (Å²) in [6, 6.07) is 7.27. The number of carboxylic acids is 1. The van der Waals surface area contributed by atoms with Crippen LogP contribution < -0.4 is 4.74 Å². The molecule has 3 rings (SSSR count). The van der Waals surface area contributed by atoms with Crippen LogP contribution in [0.1, 0.15) is 41.9 Å². The highest BCUT2D eigenvalue weighted by Gasteiger charge is 2.27. The first-order valence-electron chi connectivity index (χ1n) is 9.35. The van der Waals surface area contributed by atoms with Gasteiger partial charge in [-0.05, 0) is 50.0 Å². The van der Waals surface area contributed by atoms with Crippen LogP contribution in [-0.2, 0) is 16.2 Å². The summed E-state index contributed by atoms with van der Waals surface area (Å²) < 4.78 is 5.72. The monoisotopic (exact) mass is 400 g/mol. The number of piperidine rings is 1. The van der Waals surface area contributed by atoms with Crippen LogP contribution in [0.5, 0.6) is 5.75 Å². The van der Waals surface area contributed by atoms with Gasteiger partial charge in [0.1, 0.15) is 12.4 Å². The van der Waals surface area contributed by atoms with Crippen molar-refractivity contribution < 1.29 is 19.4 Å². The summed E-state index contributed by atoms with van der Waals surface area (Å²) in [4.78, 5) is 29.6. The molecule has 2 heterocycles. The highest BCUT2D eigenvalue weighted by Crippen LogP contribution is 2.21. The van der Waals surface area contributed by atoms with E-state index in [-0.39, 0.29) is 18.4 Å². The molecule has 1 unspecified atom stereocenters. The van der Waals surface area contributed by atoms with Gasteiger partial charge in [0.2, 0.25) is 5.91 Å². The number of carboxylic acid groups (broad SMARTS) is 1. The number of nitrogens with zero attached hydrogens (tertiary/aromatic N) is 2. The van der Waals surface area contributed by atoms with Crippen molar-refractivity contribution >= 4 is 29.3 Å². The number of hydrogen-bond donors (Lipinski definition) is 1. The van der Waals surface area contributed by atoms with E-state index in [9.17, 15) is 9.59 Å². The van der Waals surface area contributed by atoms with Crippen LogP contribution in [-0.4, -0.2) is 39.5 Å². The summed E-state index contributed by atoms with van der Waals surface area (Å²) in [6.07, 6.45) is 5.91. The van der Waals surface area contributed by atoms with Gasteiger partial charge in [-0.2, -0.15) is 0 Å². The number of aromatic nitrogens is 1. The van der Waals surface area contributed by atoms with Gasteiger partial charge < -0.3 is 14.7 Å². The predicted octanol–water partition coefficient (Wildman–Crippen LogP) is 3.90. The topological polar surface area (TPSA) is 79.7 Å². The molecule has 1 saturated heterocycles. The highest BCUT2D eigenvalue weighted by molar-refractivity contribution is 7.09. The molecule has 1 amide bonds. The maximum atomic E-state index is 12.5. The van der Waals surface area contributed by atoms with E-state index in [0.717, 1.165) is 41.3 Å². The molecule has 6 nitrogen and oxygen atoms in total. The number of likely N-dealkylation sites (tertiary alicyclic amines) is 1. The zero-order valence-electron chi connectivity index (χ0n) is 15.8. The van der Waals surface area contributed by atoms with E-state index in [0.29, 0.717) is 13.2 Å². The number of amides is 1. The van der Waals surface area contributed by atoms with Crippen molar-refractivity contribution in [3.05, 3.63) is 52.0 Å². The second-order valence-corrected chi connectivity index (χ2v) is 7.89. The molecule has 2 aromatic rings. The number of hydrogen-bond acceptors (Lipinski definition) is 5. The lowest BCUT2D eigenvalue weighted by atomic mass is 9.99. The van der Waals surface area contributed by atoms with Crippen LogP contribution in [0.3, 0.4) is 0 Å². The van der Waals surface area contributed by atoms with E-state index in [2.05, 4.69) is 4.98 Å². The van der Waals surface area contributed by atoms with Crippen molar-refractivity contribution in [3.8, 4) is 5.75 Å². The molecule has 1 aliphatic heterocycles. The molecule has 1 fully saturated rings. The van der Waals surface area contributed by atoms with Crippen LogP contribution in [0.25, 0.3) is 6.08 Å². The number of rotatable bonds is 7. The van der Waals surface area contributed by atoms with Gasteiger partial charge in [0, 0.05) is 24.0 Å². The van der Waals surface area contributed by atoms with Crippen molar-refractivity contribution in [2.24, 2.45) is 0 Å². The molecule has 1 N–H and O–H groups in total. The van der Waals surface area contributed by atoms with Crippen molar-refractivity contribution in [3.63, 3.8) is 0 Å². The van der Waals surface area contributed by atoms with Crippen molar-refractivity contribution in [1.29, 1.82) is 0 Å². The van der Waals surface area contributed by atoms with E-state index in [4.69, 9.17) is 9.84 Å². The molecule has 1 aliphatic rings. The number of aliphatic carboxylic acids is 1. The number of carbonyl (C=O) groups is 2. The smallest absolute Gasteiger partial charge is 0.305 e. The fourth-order valence-corrected chi connectivity index (χ4v) is 3.87. The molecule has 1 aromatic heterocycles. The van der Waals surface area contributed by atoms with Crippen molar-refractivity contribution in [2.45, 2.75) is 45.3 Å². The molecule has 1 aromatic carbocycles. The lowest BCUT2D eigenvalue weighted by Crippen LogP contribution is -2.44. The Hall–Kier alpha value is -2.67. The first-order chi connectivity index (χ1) is 13.5. The molecule has 0 spiro atoms. The van der Waals surface area contributed by atoms with Gasteiger partial charge in [0.25, 0.3) is 0 Å². The average Bonchev–Trinajstić information content (AvgIpc) is 3.10. The number of carbonyl (C=O) groups excluding carboxylic acids is 1. The number of thiazole rings is 1. The first-order valence-corrected chi connectivity index (χ1v) is 10.2. The van der Waals surface area contributed by atoms with E-state index in [1.54, 1.807) is 22.3 Å². The SMILES string of the molecule is Cc1nc(COc2ccc(/C=C/C(=O)N3CCCCC3CC(=O)O)cc2)cs1. The van der Waals surface area contributed by atoms with Crippen LogP contribution in [0, 0.1) is 6.92 Å². The summed E-state index contributed by atoms with van der Waals surface area (Å²) in [5.74, 6) is -0.256. The zero-order chi connectivity index (χ0) is 19.9. The van der Waals surface area contributed by atoms with Gasteiger partial charge in [0.05, 0.1) is 17.1 Å². The fraction of sp³-hybridized carbons (Fsp3) is 0.381. The third-order valence-electron chi connectivity index (χ3n) is 4.67. The standard InChI is InChI=1S/C21H24N2O4S/c1-15-22-17(14-28-15)13-27-19-8-5-16(6-9-19)7-10-20(24)23-11-3-2-4-18(23)12-21(25)26/h5-10,14,18H,2-4,11-13H2,1H3,(H,25,26)/b10-7+. The largest absolute Gasteiger partial charge is 0.487 e. The van der Waals surface area contributed by atoms with Crippen LogP contribution in [0.15, 0.2) is 35.7 Å². The lowest BCUT2D eigenvalue weighted by Gasteiger charge is -2.34. The second kappa shape index (κ2) is 9.50. The Morgan fingerprint density at radius 3 is 2.79 bits per heavy atom. The fourth-order valence-electron chi connectivity index (χ4n) is 3.27. The number of aryl methyl sites for hydroxylation is 1. The molecule has 0 saturated carbocycles. The Balaban J connectivity index is 1.55. The minimum absolute atomic E-state index is 0.00409. The van der Waals surface area contributed by atoms with E-state index < -0.39 is 5.97 Å². The summed E-state index contributed by atoms with van der Waals surface area (Å²) in [7, 11) is 0. The Morgan fingerprint density at radius 2 is 2.11 bits per heavy atom. The highest BCUT2D eigenvalue weighted by atomic mass is 32.1.